The van der Waals surface area contributed by atoms with Gasteiger partial charge in [-0.3, -0.25) is 0 Å². The molecule has 0 aliphatic carbocycles. The topological polar surface area (TPSA) is 103 Å². The molecule has 1 heterocycles. The van der Waals surface area contributed by atoms with Crippen molar-refractivity contribution in [1.82, 2.24) is 14.5 Å². The van der Waals surface area contributed by atoms with Crippen molar-refractivity contribution < 1.29 is 14.1 Å². The van der Waals surface area contributed by atoms with Crippen molar-refractivity contribution in [2.75, 3.05) is 0 Å². The zero-order valence-electron chi connectivity index (χ0n) is 4.78. The highest BCUT2D eigenvalue weighted by atomic mass is 31.2. The summed E-state index contributed by atoms with van der Waals surface area (Å²) in [6.07, 6.45) is 2.13. The van der Waals surface area contributed by atoms with Crippen LogP contribution in [-0.2, 0) is 9.19 Å². The minimum Gasteiger partial charge on any atom is -0.306 e. The first-order valence-corrected chi connectivity index (χ1v) is 3.76. The highest BCUT2D eigenvalue weighted by Crippen LogP contribution is 2.39. The fourth-order valence-electron chi connectivity index (χ4n) is 0.381. The Bertz CT molecular complexity index is 245. The summed E-state index contributed by atoms with van der Waals surface area (Å²) in [7, 11) is -3.96. The second kappa shape index (κ2) is 2.47. The van der Waals surface area contributed by atoms with Gasteiger partial charge in [0.2, 0.25) is 0 Å². The molecule has 1 unspecified atom stereocenters. The molecule has 0 aliphatic rings. The molecule has 3 N–H and O–H groups in total. The molecule has 1 aromatic heterocycles. The smallest absolute Gasteiger partial charge is 0.306 e. The number of nitrogens with zero attached hydrogens (tertiary/aromatic N) is 3. The molecule has 8 heteroatoms. The van der Waals surface area contributed by atoms with Crippen molar-refractivity contribution in [3.63, 3.8) is 0 Å². The van der Waals surface area contributed by atoms with E-state index in [2.05, 4.69) is 20.6 Å². The zero-order valence-corrected chi connectivity index (χ0v) is 5.68. The van der Waals surface area contributed by atoms with Gasteiger partial charge in [0, 0.05) is 0 Å². The summed E-state index contributed by atoms with van der Waals surface area (Å²) in [5.74, 6) is 4.50. The Morgan fingerprint density at radius 1 is 1.80 bits per heavy atom. The SMILES string of the molecule is NOP(=O)(O)n1cncn1. The normalized spacial score (nSPS) is 16.6. The van der Waals surface area contributed by atoms with Crippen LogP contribution in [-0.4, -0.2) is 19.4 Å². The Hall–Kier alpha value is -0.750. The van der Waals surface area contributed by atoms with Gasteiger partial charge in [-0.15, -0.1) is 5.10 Å². The summed E-state index contributed by atoms with van der Waals surface area (Å²) in [4.78, 5) is 12.2. The van der Waals surface area contributed by atoms with Crippen molar-refractivity contribution >= 4 is 7.75 Å². The molecule has 0 saturated heterocycles. The molecule has 0 bridgehead atoms. The van der Waals surface area contributed by atoms with Crippen LogP contribution in [0.3, 0.4) is 0 Å². The van der Waals surface area contributed by atoms with Gasteiger partial charge in [0.05, 0.1) is 0 Å². The second-order valence-electron chi connectivity index (χ2n) is 1.41. The molecule has 1 atom stereocenters. The summed E-state index contributed by atoms with van der Waals surface area (Å²) < 4.78 is 15.1. The molecule has 1 aromatic rings. The molecule has 7 nitrogen and oxygen atoms in total. The molecule has 10 heavy (non-hydrogen) atoms. The van der Waals surface area contributed by atoms with E-state index in [1.165, 1.54) is 0 Å². The van der Waals surface area contributed by atoms with Crippen LogP contribution < -0.4 is 5.90 Å². The van der Waals surface area contributed by atoms with E-state index >= 15 is 0 Å². The molecule has 56 valence electrons. The molecule has 0 amide bonds. The third-order valence-corrected chi connectivity index (χ3v) is 1.80. The van der Waals surface area contributed by atoms with E-state index in [1.807, 2.05) is 0 Å². The number of rotatable bonds is 2. The average Bonchev–Trinajstić information content (AvgIpc) is 2.38. The molecule has 0 radical (unpaired) electrons. The van der Waals surface area contributed by atoms with Crippen LogP contribution in [0.5, 0.6) is 0 Å². The highest BCUT2D eigenvalue weighted by Gasteiger charge is 2.21. The van der Waals surface area contributed by atoms with E-state index in [1.54, 1.807) is 0 Å². The van der Waals surface area contributed by atoms with Crippen LogP contribution in [0.2, 0.25) is 0 Å². The van der Waals surface area contributed by atoms with Crippen molar-refractivity contribution in [2.45, 2.75) is 0 Å². The van der Waals surface area contributed by atoms with Gasteiger partial charge in [-0.05, 0) is 0 Å². The first kappa shape index (κ1) is 7.36. The molecular weight excluding hydrogens is 159 g/mol. The predicted molar refractivity (Wildman–Crippen MR) is 30.5 cm³/mol. The van der Waals surface area contributed by atoms with Crippen molar-refractivity contribution in [2.24, 2.45) is 5.90 Å². The number of nitrogens with two attached hydrogens (primary N) is 1. The Morgan fingerprint density at radius 3 is 2.90 bits per heavy atom. The quantitative estimate of drug-likeness (QED) is 0.434. The molecule has 0 fully saturated rings. The van der Waals surface area contributed by atoms with Gasteiger partial charge in [-0.1, -0.05) is 0 Å². The van der Waals surface area contributed by atoms with Gasteiger partial charge in [0.25, 0.3) is 0 Å². The lowest BCUT2D eigenvalue weighted by Gasteiger charge is -2.04. The Labute approximate surface area is 56.0 Å². The fraction of sp³-hybridized carbons (Fsp3) is 0. The summed E-state index contributed by atoms with van der Waals surface area (Å²) in [6.45, 7) is 0. The minimum atomic E-state index is -3.96. The van der Waals surface area contributed by atoms with Gasteiger partial charge in [-0.25, -0.2) is 20.1 Å². The lowest BCUT2D eigenvalue weighted by atomic mass is 11.3. The van der Waals surface area contributed by atoms with Crippen molar-refractivity contribution in [3.05, 3.63) is 12.7 Å². The maximum absolute atomic E-state index is 10.7. The van der Waals surface area contributed by atoms with E-state index in [0.29, 0.717) is 4.45 Å². The third-order valence-electron chi connectivity index (χ3n) is 0.803. The first-order valence-electron chi connectivity index (χ1n) is 2.23. The van der Waals surface area contributed by atoms with Crippen LogP contribution in [0.15, 0.2) is 12.7 Å². The van der Waals surface area contributed by atoms with E-state index < -0.39 is 7.75 Å². The second-order valence-corrected chi connectivity index (χ2v) is 3.01. The monoisotopic (exact) mass is 164 g/mol. The van der Waals surface area contributed by atoms with E-state index in [9.17, 15) is 4.57 Å². The predicted octanol–water partition coefficient (Wildman–Crippen LogP) is -0.883. The molecule has 0 aliphatic heterocycles. The van der Waals surface area contributed by atoms with Crippen LogP contribution in [0.1, 0.15) is 0 Å². The zero-order chi connectivity index (χ0) is 7.61. The Kier molecular flexibility index (Phi) is 1.82. The van der Waals surface area contributed by atoms with Crippen LogP contribution in [0.4, 0.5) is 0 Å². The molecule has 1 rings (SSSR count). The lowest BCUT2D eigenvalue weighted by Crippen LogP contribution is -2.04. The van der Waals surface area contributed by atoms with Crippen molar-refractivity contribution in [3.8, 4) is 0 Å². The average molecular weight is 164 g/mol. The standard InChI is InChI=1S/C2H5N4O3P/c3-9-10(7,8)6-2-4-1-5-6/h1-2H,3H2,(H,7,8). The van der Waals surface area contributed by atoms with E-state index in [0.717, 1.165) is 12.7 Å². The minimum absolute atomic E-state index is 0.646. The van der Waals surface area contributed by atoms with Gasteiger partial charge in [-0.2, -0.15) is 4.45 Å². The highest BCUT2D eigenvalue weighted by molar-refractivity contribution is 7.50. The Balaban J connectivity index is 2.97. The van der Waals surface area contributed by atoms with Gasteiger partial charge in [0.15, 0.2) is 0 Å². The van der Waals surface area contributed by atoms with E-state index in [-0.39, 0.29) is 0 Å². The molecule has 0 saturated carbocycles. The van der Waals surface area contributed by atoms with Crippen LogP contribution in [0.25, 0.3) is 0 Å². The largest absolute Gasteiger partial charge is 0.470 e. The lowest BCUT2D eigenvalue weighted by molar-refractivity contribution is 0.256. The molecular formula is C2H5N4O3P. The third kappa shape index (κ3) is 1.22. The van der Waals surface area contributed by atoms with Crippen LogP contribution >= 0.6 is 7.75 Å². The van der Waals surface area contributed by atoms with Gasteiger partial charge in [0.1, 0.15) is 12.7 Å². The summed E-state index contributed by atoms with van der Waals surface area (Å²) in [5, 5.41) is 3.35. The Morgan fingerprint density at radius 2 is 2.50 bits per heavy atom. The fourth-order valence-corrected chi connectivity index (χ4v) is 0.844. The summed E-state index contributed by atoms with van der Waals surface area (Å²) >= 11 is 0. The summed E-state index contributed by atoms with van der Waals surface area (Å²) in [5.41, 5.74) is 0. The van der Waals surface area contributed by atoms with Gasteiger partial charge >= 0.3 is 7.75 Å². The van der Waals surface area contributed by atoms with Gasteiger partial charge < -0.3 is 4.89 Å². The van der Waals surface area contributed by atoms with E-state index in [4.69, 9.17) is 4.89 Å². The maximum atomic E-state index is 10.7. The molecule has 0 spiro atoms. The maximum Gasteiger partial charge on any atom is 0.470 e. The first-order chi connectivity index (χ1) is 4.67. The van der Waals surface area contributed by atoms with Crippen LogP contribution in [0, 0.1) is 0 Å². The number of aromatic nitrogens is 3. The molecule has 0 aromatic carbocycles. The number of hydrogen-bond donors (Lipinski definition) is 2. The van der Waals surface area contributed by atoms with Crippen molar-refractivity contribution in [1.29, 1.82) is 0 Å². The summed E-state index contributed by atoms with van der Waals surface area (Å²) in [6, 6.07) is 0. The number of hydrogen-bond acceptors (Lipinski definition) is 5.